The van der Waals surface area contributed by atoms with Crippen molar-refractivity contribution in [2.24, 2.45) is 0 Å². The summed E-state index contributed by atoms with van der Waals surface area (Å²) < 4.78 is 11.6. The summed E-state index contributed by atoms with van der Waals surface area (Å²) in [5.41, 5.74) is 2.20. The van der Waals surface area contributed by atoms with Crippen LogP contribution in [0.3, 0.4) is 0 Å². The van der Waals surface area contributed by atoms with Crippen LogP contribution in [-0.2, 0) is 0 Å². The van der Waals surface area contributed by atoms with Gasteiger partial charge in [-0.3, -0.25) is 0 Å². The van der Waals surface area contributed by atoms with Crippen LogP contribution < -0.4 is 9.47 Å². The first-order valence-corrected chi connectivity index (χ1v) is 6.68. The van der Waals surface area contributed by atoms with Crippen molar-refractivity contribution in [2.75, 3.05) is 14.2 Å². The zero-order valence-corrected chi connectivity index (χ0v) is 12.5. The van der Waals surface area contributed by atoms with Gasteiger partial charge in [-0.1, -0.05) is 52.3 Å². The average Bonchev–Trinajstić information content (AvgIpc) is 2.46. The molecule has 0 radical (unpaired) electrons. The molecule has 98 valence electrons. The van der Waals surface area contributed by atoms with Gasteiger partial charge in [-0.2, -0.15) is 0 Å². The summed E-state index contributed by atoms with van der Waals surface area (Å²) in [4.78, 5) is 0. The molecule has 2 aromatic carbocycles. The van der Waals surface area contributed by atoms with E-state index in [9.17, 15) is 0 Å². The standard InChI is InChI=1S/C16H15BrO2/c1-18-15-10-8-12(11-16(15)19-2)7-9-13-5-3-4-6-14(13)17/h3-11H,1-2H3/b9-7-. The van der Waals surface area contributed by atoms with Gasteiger partial charge in [0.25, 0.3) is 0 Å². The van der Waals surface area contributed by atoms with Crippen molar-refractivity contribution in [2.45, 2.75) is 0 Å². The van der Waals surface area contributed by atoms with Gasteiger partial charge >= 0.3 is 0 Å². The normalized spacial score (nSPS) is 10.7. The van der Waals surface area contributed by atoms with Crippen LogP contribution in [0.4, 0.5) is 0 Å². The third-order valence-electron chi connectivity index (χ3n) is 2.77. The highest BCUT2D eigenvalue weighted by Crippen LogP contribution is 2.28. The minimum atomic E-state index is 0.733. The van der Waals surface area contributed by atoms with Gasteiger partial charge in [-0.05, 0) is 29.3 Å². The molecule has 0 aliphatic heterocycles. The fourth-order valence-electron chi connectivity index (χ4n) is 1.75. The molecule has 0 fully saturated rings. The van der Waals surface area contributed by atoms with Gasteiger partial charge in [0.15, 0.2) is 11.5 Å². The van der Waals surface area contributed by atoms with E-state index in [1.54, 1.807) is 14.2 Å². The lowest BCUT2D eigenvalue weighted by molar-refractivity contribution is 0.355. The van der Waals surface area contributed by atoms with Crippen LogP contribution in [-0.4, -0.2) is 14.2 Å². The van der Waals surface area contributed by atoms with Crippen LogP contribution in [0.15, 0.2) is 46.9 Å². The Hall–Kier alpha value is -1.74. The van der Waals surface area contributed by atoms with E-state index in [-0.39, 0.29) is 0 Å². The van der Waals surface area contributed by atoms with Crippen molar-refractivity contribution < 1.29 is 9.47 Å². The van der Waals surface area contributed by atoms with Crippen molar-refractivity contribution in [1.29, 1.82) is 0 Å². The maximum absolute atomic E-state index is 5.28. The number of halogens is 1. The topological polar surface area (TPSA) is 18.5 Å². The third-order valence-corrected chi connectivity index (χ3v) is 3.49. The molecule has 0 aliphatic rings. The summed E-state index contributed by atoms with van der Waals surface area (Å²) in [6, 6.07) is 13.9. The van der Waals surface area contributed by atoms with Crippen LogP contribution >= 0.6 is 15.9 Å². The maximum atomic E-state index is 5.28. The van der Waals surface area contributed by atoms with Crippen LogP contribution in [0.2, 0.25) is 0 Å². The summed E-state index contributed by atoms with van der Waals surface area (Å²) in [5, 5.41) is 0. The summed E-state index contributed by atoms with van der Waals surface area (Å²) in [5.74, 6) is 1.47. The first-order chi connectivity index (χ1) is 9.24. The molecule has 2 rings (SSSR count). The molecule has 0 bridgehead atoms. The summed E-state index contributed by atoms with van der Waals surface area (Å²) in [6.45, 7) is 0. The Morgan fingerprint density at radius 1 is 0.895 bits per heavy atom. The van der Waals surface area contributed by atoms with Gasteiger partial charge < -0.3 is 9.47 Å². The molecule has 19 heavy (non-hydrogen) atoms. The van der Waals surface area contributed by atoms with Gasteiger partial charge in [0.2, 0.25) is 0 Å². The van der Waals surface area contributed by atoms with E-state index >= 15 is 0 Å². The van der Waals surface area contributed by atoms with E-state index in [0.717, 1.165) is 27.1 Å². The van der Waals surface area contributed by atoms with Crippen molar-refractivity contribution in [3.05, 3.63) is 58.1 Å². The number of hydrogen-bond donors (Lipinski definition) is 0. The highest BCUT2D eigenvalue weighted by Gasteiger charge is 2.02. The van der Waals surface area contributed by atoms with Gasteiger partial charge in [0, 0.05) is 4.47 Å². The molecule has 3 heteroatoms. The molecule has 0 spiro atoms. The Bertz CT molecular complexity index is 591. The van der Waals surface area contributed by atoms with E-state index in [4.69, 9.17) is 9.47 Å². The van der Waals surface area contributed by atoms with E-state index in [1.165, 1.54) is 0 Å². The van der Waals surface area contributed by atoms with Gasteiger partial charge in [-0.25, -0.2) is 0 Å². The fraction of sp³-hybridized carbons (Fsp3) is 0.125. The molecule has 0 aromatic heterocycles. The Kier molecular flexibility index (Phi) is 4.63. The lowest BCUT2D eigenvalue weighted by Crippen LogP contribution is -1.90. The molecule has 0 aliphatic carbocycles. The SMILES string of the molecule is COc1ccc(/C=C\c2ccccc2Br)cc1OC. The van der Waals surface area contributed by atoms with E-state index in [2.05, 4.69) is 28.1 Å². The number of benzene rings is 2. The third kappa shape index (κ3) is 3.38. The van der Waals surface area contributed by atoms with Crippen LogP contribution in [0.25, 0.3) is 12.2 Å². The monoisotopic (exact) mass is 318 g/mol. The second-order valence-electron chi connectivity index (χ2n) is 3.97. The quantitative estimate of drug-likeness (QED) is 0.765. The van der Waals surface area contributed by atoms with Gasteiger partial charge in [-0.15, -0.1) is 0 Å². The van der Waals surface area contributed by atoms with E-state index in [1.807, 2.05) is 42.5 Å². The van der Waals surface area contributed by atoms with Crippen LogP contribution in [0.5, 0.6) is 11.5 Å². The largest absolute Gasteiger partial charge is 0.493 e. The Morgan fingerprint density at radius 3 is 2.32 bits per heavy atom. The van der Waals surface area contributed by atoms with Crippen molar-refractivity contribution in [3.8, 4) is 11.5 Å². The number of hydrogen-bond acceptors (Lipinski definition) is 2. The summed E-state index contributed by atoms with van der Waals surface area (Å²) in [7, 11) is 3.27. The number of methoxy groups -OCH3 is 2. The molecule has 0 saturated heterocycles. The first-order valence-electron chi connectivity index (χ1n) is 5.89. The molecule has 0 heterocycles. The number of rotatable bonds is 4. The average molecular weight is 319 g/mol. The Labute approximate surface area is 121 Å². The molecule has 2 aromatic rings. The Morgan fingerprint density at radius 2 is 1.63 bits per heavy atom. The minimum absolute atomic E-state index is 0.733. The van der Waals surface area contributed by atoms with E-state index in [0.29, 0.717) is 0 Å². The second kappa shape index (κ2) is 6.43. The van der Waals surface area contributed by atoms with E-state index < -0.39 is 0 Å². The summed E-state index contributed by atoms with van der Waals surface area (Å²) in [6.07, 6.45) is 4.10. The predicted molar refractivity (Wildman–Crippen MR) is 82.6 cm³/mol. The van der Waals surface area contributed by atoms with Crippen molar-refractivity contribution >= 4 is 28.1 Å². The van der Waals surface area contributed by atoms with Crippen LogP contribution in [0.1, 0.15) is 11.1 Å². The van der Waals surface area contributed by atoms with Gasteiger partial charge in [0.1, 0.15) is 0 Å². The molecule has 0 N–H and O–H groups in total. The zero-order chi connectivity index (χ0) is 13.7. The minimum Gasteiger partial charge on any atom is -0.493 e. The lowest BCUT2D eigenvalue weighted by Gasteiger charge is -2.07. The first kappa shape index (κ1) is 13.7. The molecule has 0 amide bonds. The highest BCUT2D eigenvalue weighted by molar-refractivity contribution is 9.10. The molecule has 0 unspecified atom stereocenters. The van der Waals surface area contributed by atoms with Gasteiger partial charge in [0.05, 0.1) is 14.2 Å². The van der Waals surface area contributed by atoms with Crippen molar-refractivity contribution in [3.63, 3.8) is 0 Å². The smallest absolute Gasteiger partial charge is 0.161 e. The fourth-order valence-corrected chi connectivity index (χ4v) is 2.17. The molecule has 2 nitrogen and oxygen atoms in total. The van der Waals surface area contributed by atoms with Crippen LogP contribution in [0, 0.1) is 0 Å². The predicted octanol–water partition coefficient (Wildman–Crippen LogP) is 4.64. The summed E-state index contributed by atoms with van der Waals surface area (Å²) >= 11 is 3.52. The second-order valence-corrected chi connectivity index (χ2v) is 4.82. The molecule has 0 saturated carbocycles. The van der Waals surface area contributed by atoms with Crippen molar-refractivity contribution in [1.82, 2.24) is 0 Å². The zero-order valence-electron chi connectivity index (χ0n) is 10.9. The Balaban J connectivity index is 2.26. The molecular formula is C16H15BrO2. The lowest BCUT2D eigenvalue weighted by atomic mass is 10.1. The maximum Gasteiger partial charge on any atom is 0.161 e. The highest BCUT2D eigenvalue weighted by atomic mass is 79.9. The molecule has 0 atom stereocenters. The number of ether oxygens (including phenoxy) is 2. The molecular weight excluding hydrogens is 304 g/mol.